The third kappa shape index (κ3) is 5.67. The molecule has 2 fully saturated rings. The van der Waals surface area contributed by atoms with Gasteiger partial charge in [0.1, 0.15) is 0 Å². The number of alkyl halides is 3. The van der Waals surface area contributed by atoms with E-state index in [1.807, 2.05) is 0 Å². The lowest BCUT2D eigenvalue weighted by Gasteiger charge is -2.20. The highest BCUT2D eigenvalue weighted by Crippen LogP contribution is 2.30. The molecule has 2 N–H and O–H groups in total. The molecule has 1 aromatic rings. The van der Waals surface area contributed by atoms with Gasteiger partial charge in [-0.25, -0.2) is 13.2 Å². The number of carboxylic acid groups (broad SMARTS) is 1. The monoisotopic (exact) mass is 453 g/mol. The van der Waals surface area contributed by atoms with Gasteiger partial charge in [-0.05, 0) is 56.8 Å². The van der Waals surface area contributed by atoms with E-state index in [-0.39, 0.29) is 10.6 Å². The highest BCUT2D eigenvalue weighted by Gasteiger charge is 2.38. The van der Waals surface area contributed by atoms with Crippen LogP contribution >= 0.6 is 0 Å². The Labute approximate surface area is 171 Å². The zero-order chi connectivity index (χ0) is 22.7. The number of rotatable bonds is 3. The van der Waals surface area contributed by atoms with E-state index in [4.69, 9.17) is 9.90 Å². The Hall–Kier alpha value is -2.25. The summed E-state index contributed by atoms with van der Waals surface area (Å²) in [5.41, 5.74) is 0.312. The summed E-state index contributed by atoms with van der Waals surface area (Å²) in [4.78, 5) is 19.4. The van der Waals surface area contributed by atoms with Crippen molar-refractivity contribution in [1.82, 2.24) is 9.62 Å². The first-order valence-electron chi connectivity index (χ1n) is 9.10. The predicted molar refractivity (Wildman–Crippen MR) is 99.4 cm³/mol. The number of nitrogens with one attached hydrogen (secondary N) is 1. The van der Waals surface area contributed by atoms with Crippen LogP contribution in [-0.4, -0.2) is 61.1 Å². The molecule has 2 saturated heterocycles. The van der Waals surface area contributed by atoms with Crippen LogP contribution in [0.4, 0.5) is 18.9 Å². The number of nitro groups is 1. The summed E-state index contributed by atoms with van der Waals surface area (Å²) in [6, 6.07) is 4.02. The van der Waals surface area contributed by atoms with Crippen molar-refractivity contribution in [2.75, 3.05) is 26.2 Å². The minimum Gasteiger partial charge on any atom is -0.475 e. The summed E-state index contributed by atoms with van der Waals surface area (Å²) in [5.74, 6) is -1.66. The largest absolute Gasteiger partial charge is 0.490 e. The summed E-state index contributed by atoms with van der Waals surface area (Å²) in [6.07, 6.45) is -3.36. The van der Waals surface area contributed by atoms with Crippen molar-refractivity contribution in [3.05, 3.63) is 33.9 Å². The first-order valence-corrected chi connectivity index (χ1v) is 10.5. The lowest BCUT2D eigenvalue weighted by atomic mass is 9.92. The Morgan fingerprint density at radius 1 is 1.23 bits per heavy atom. The molecule has 3 rings (SSSR count). The molecule has 13 heteroatoms. The van der Waals surface area contributed by atoms with E-state index in [1.165, 1.54) is 22.5 Å². The highest BCUT2D eigenvalue weighted by atomic mass is 32.2. The molecule has 9 nitrogen and oxygen atoms in total. The molecule has 0 amide bonds. The van der Waals surface area contributed by atoms with Gasteiger partial charge < -0.3 is 10.4 Å². The van der Waals surface area contributed by atoms with Crippen molar-refractivity contribution >= 4 is 21.7 Å². The number of aliphatic carboxylic acids is 1. The highest BCUT2D eigenvalue weighted by molar-refractivity contribution is 7.89. The number of hydrogen-bond donors (Lipinski definition) is 2. The SMILES string of the molecule is Cc1cc(S(=O)(=O)N2CC[C@@H]3CNC[C@@H]3CC2)ccc1[N+](=O)[O-].O=C(O)C(F)(F)F. The fraction of sp³-hybridized carbons (Fsp3) is 0.588. The average molecular weight is 453 g/mol. The third-order valence-electron chi connectivity index (χ3n) is 5.22. The Morgan fingerprint density at radius 2 is 1.73 bits per heavy atom. The number of carboxylic acids is 1. The molecular formula is C17H22F3N3O6S. The maximum absolute atomic E-state index is 12.8. The standard InChI is InChI=1S/C15H21N3O4S.C2HF3O2/c1-11-8-14(2-3-15(11)18(19)20)23(21,22)17-6-4-12-9-16-10-13(12)5-7-17;3-2(4,5)1(6)7/h2-3,8,12-13,16H,4-7,9-10H2,1H3;(H,6,7)/t12-,13+;. The van der Waals surface area contributed by atoms with Gasteiger partial charge >= 0.3 is 12.1 Å². The van der Waals surface area contributed by atoms with Crippen LogP contribution in [0.25, 0.3) is 0 Å². The third-order valence-corrected chi connectivity index (χ3v) is 7.12. The molecule has 0 aliphatic carbocycles. The first kappa shape index (κ1) is 24.0. The van der Waals surface area contributed by atoms with Gasteiger partial charge in [0.05, 0.1) is 9.82 Å². The molecule has 0 aromatic heterocycles. The van der Waals surface area contributed by atoms with Crippen molar-refractivity contribution in [2.24, 2.45) is 11.8 Å². The minimum atomic E-state index is -5.08. The molecule has 1 aromatic carbocycles. The molecule has 2 heterocycles. The number of nitro benzene ring substituents is 1. The van der Waals surface area contributed by atoms with Gasteiger partial charge in [-0.15, -0.1) is 0 Å². The molecule has 0 radical (unpaired) electrons. The number of hydrogen-bond acceptors (Lipinski definition) is 6. The van der Waals surface area contributed by atoms with Gasteiger partial charge in [-0.1, -0.05) is 0 Å². The number of sulfonamides is 1. The fourth-order valence-corrected chi connectivity index (χ4v) is 5.13. The van der Waals surface area contributed by atoms with Crippen molar-refractivity contribution in [3.8, 4) is 0 Å². The summed E-state index contributed by atoms with van der Waals surface area (Å²) >= 11 is 0. The van der Waals surface area contributed by atoms with Crippen LogP contribution in [0.1, 0.15) is 18.4 Å². The van der Waals surface area contributed by atoms with Crippen LogP contribution in [0.5, 0.6) is 0 Å². The molecule has 0 spiro atoms. The van der Waals surface area contributed by atoms with Gasteiger partial charge in [0.2, 0.25) is 10.0 Å². The normalized spacial score (nSPS) is 22.4. The zero-order valence-electron chi connectivity index (χ0n) is 16.1. The predicted octanol–water partition coefficient (Wildman–Crippen LogP) is 2.16. The van der Waals surface area contributed by atoms with Crippen LogP contribution in [-0.2, 0) is 14.8 Å². The average Bonchev–Trinajstić information content (AvgIpc) is 2.98. The Kier molecular flexibility index (Phi) is 7.42. The van der Waals surface area contributed by atoms with Gasteiger partial charge in [0.15, 0.2) is 0 Å². The number of benzene rings is 1. The molecule has 0 bridgehead atoms. The van der Waals surface area contributed by atoms with Gasteiger partial charge in [-0.2, -0.15) is 17.5 Å². The van der Waals surface area contributed by atoms with E-state index in [9.17, 15) is 31.7 Å². The van der Waals surface area contributed by atoms with Crippen molar-refractivity contribution in [3.63, 3.8) is 0 Å². The molecule has 0 saturated carbocycles. The second-order valence-corrected chi connectivity index (χ2v) is 9.11. The first-order chi connectivity index (χ1) is 13.8. The molecule has 2 atom stereocenters. The molecule has 2 aliphatic heterocycles. The Balaban J connectivity index is 0.000000396. The van der Waals surface area contributed by atoms with Crippen molar-refractivity contribution in [2.45, 2.75) is 30.8 Å². The summed E-state index contributed by atoms with van der Waals surface area (Å²) in [7, 11) is -3.59. The fourth-order valence-electron chi connectivity index (χ4n) is 3.58. The van der Waals surface area contributed by atoms with Crippen LogP contribution in [0.15, 0.2) is 23.1 Å². The van der Waals surface area contributed by atoms with Gasteiger partial charge in [-0.3, -0.25) is 10.1 Å². The van der Waals surface area contributed by atoms with Crippen LogP contribution in [0.3, 0.4) is 0 Å². The van der Waals surface area contributed by atoms with E-state index in [2.05, 4.69) is 5.32 Å². The zero-order valence-corrected chi connectivity index (χ0v) is 16.9. The van der Waals surface area contributed by atoms with Crippen LogP contribution in [0, 0.1) is 28.9 Å². The van der Waals surface area contributed by atoms with Gasteiger partial charge in [0.25, 0.3) is 5.69 Å². The number of nitrogens with zero attached hydrogens (tertiary/aromatic N) is 2. The maximum atomic E-state index is 12.8. The second kappa shape index (κ2) is 9.27. The van der Waals surface area contributed by atoms with Gasteiger partial charge in [0, 0.05) is 24.7 Å². The van der Waals surface area contributed by atoms with E-state index in [1.54, 1.807) is 6.92 Å². The number of fused-ring (bicyclic) bond motifs is 1. The summed E-state index contributed by atoms with van der Waals surface area (Å²) in [5, 5.41) is 21.4. The van der Waals surface area contributed by atoms with Crippen LogP contribution < -0.4 is 5.32 Å². The summed E-state index contributed by atoms with van der Waals surface area (Å²) < 4.78 is 58.9. The molecular weight excluding hydrogens is 431 g/mol. The molecule has 30 heavy (non-hydrogen) atoms. The van der Waals surface area contributed by atoms with E-state index in [0.717, 1.165) is 25.9 Å². The van der Waals surface area contributed by atoms with Crippen LogP contribution in [0.2, 0.25) is 0 Å². The minimum absolute atomic E-state index is 0.0552. The topological polar surface area (TPSA) is 130 Å². The molecule has 0 unspecified atom stereocenters. The lowest BCUT2D eigenvalue weighted by Crippen LogP contribution is -2.32. The smallest absolute Gasteiger partial charge is 0.475 e. The number of halogens is 3. The molecule has 168 valence electrons. The Morgan fingerprint density at radius 3 is 2.13 bits per heavy atom. The number of carbonyl (C=O) groups is 1. The Bertz CT molecular complexity index is 892. The lowest BCUT2D eigenvalue weighted by molar-refractivity contribution is -0.385. The van der Waals surface area contributed by atoms with E-state index in [0.29, 0.717) is 30.5 Å². The van der Waals surface area contributed by atoms with Crippen molar-refractivity contribution < 1.29 is 36.4 Å². The quantitative estimate of drug-likeness (QED) is 0.530. The van der Waals surface area contributed by atoms with E-state index < -0.39 is 27.1 Å². The number of aryl methyl sites for hydroxylation is 1. The van der Waals surface area contributed by atoms with E-state index >= 15 is 0 Å². The maximum Gasteiger partial charge on any atom is 0.490 e. The summed E-state index contributed by atoms with van der Waals surface area (Å²) in [6.45, 7) is 4.53. The second-order valence-electron chi connectivity index (χ2n) is 7.17. The molecule has 2 aliphatic rings. The van der Waals surface area contributed by atoms with Crippen molar-refractivity contribution in [1.29, 1.82) is 0 Å².